The van der Waals surface area contributed by atoms with E-state index in [1.165, 1.54) is 10.6 Å². The summed E-state index contributed by atoms with van der Waals surface area (Å²) >= 11 is 0. The van der Waals surface area contributed by atoms with Gasteiger partial charge in [0, 0.05) is 18.7 Å². The van der Waals surface area contributed by atoms with Crippen molar-refractivity contribution in [1.82, 2.24) is 9.55 Å². The molecule has 130 valence electrons. The number of nitriles is 1. The first-order valence-electron chi connectivity index (χ1n) is 8.48. The second kappa shape index (κ2) is 6.45. The van der Waals surface area contributed by atoms with Crippen molar-refractivity contribution >= 4 is 11.5 Å². The van der Waals surface area contributed by atoms with E-state index in [1.807, 2.05) is 48.5 Å². The summed E-state index contributed by atoms with van der Waals surface area (Å²) in [6.07, 6.45) is 1.89. The molecule has 0 spiro atoms. The lowest BCUT2D eigenvalue weighted by Crippen LogP contribution is -2.23. The van der Waals surface area contributed by atoms with Crippen LogP contribution in [-0.4, -0.2) is 9.55 Å². The first kappa shape index (κ1) is 16.6. The maximum Gasteiger partial charge on any atom is 0.254 e. The minimum absolute atomic E-state index is 0.0889. The van der Waals surface area contributed by atoms with Crippen molar-refractivity contribution in [2.24, 2.45) is 7.05 Å². The molecule has 5 heteroatoms. The van der Waals surface area contributed by atoms with Crippen LogP contribution in [0.25, 0.3) is 16.7 Å². The molecular weight excluding hydrogens is 336 g/mol. The quantitative estimate of drug-likeness (QED) is 0.733. The highest BCUT2D eigenvalue weighted by Crippen LogP contribution is 2.37. The molecule has 0 saturated carbocycles. The van der Waals surface area contributed by atoms with E-state index in [0.29, 0.717) is 11.3 Å². The van der Waals surface area contributed by atoms with E-state index in [0.717, 1.165) is 22.3 Å². The second-order valence-corrected chi connectivity index (χ2v) is 6.41. The van der Waals surface area contributed by atoms with Gasteiger partial charge in [0.1, 0.15) is 0 Å². The molecule has 0 aliphatic heterocycles. The fourth-order valence-electron chi connectivity index (χ4n) is 3.09. The zero-order valence-electron chi connectivity index (χ0n) is 14.7. The molecule has 1 heterocycles. The summed E-state index contributed by atoms with van der Waals surface area (Å²) in [4.78, 5) is 16.3. The molecular formula is C22H16N4O. The van der Waals surface area contributed by atoms with E-state index in [9.17, 15) is 4.79 Å². The van der Waals surface area contributed by atoms with Crippen LogP contribution in [0.4, 0.5) is 5.95 Å². The molecule has 27 heavy (non-hydrogen) atoms. The molecule has 0 radical (unpaired) electrons. The smallest absolute Gasteiger partial charge is 0.254 e. The Kier molecular flexibility index (Phi) is 3.97. The van der Waals surface area contributed by atoms with Crippen molar-refractivity contribution < 1.29 is 0 Å². The van der Waals surface area contributed by atoms with E-state index in [-0.39, 0.29) is 17.4 Å². The summed E-state index contributed by atoms with van der Waals surface area (Å²) < 4.78 is 1.32. The van der Waals surface area contributed by atoms with Crippen LogP contribution in [0, 0.1) is 11.3 Å². The molecule has 1 aliphatic rings. The number of nitrogens with zero attached hydrogens (tertiary/aromatic N) is 3. The molecule has 0 unspecified atom stereocenters. The van der Waals surface area contributed by atoms with E-state index >= 15 is 0 Å². The summed E-state index contributed by atoms with van der Waals surface area (Å²) in [7, 11) is 1.60. The number of hydrogen-bond acceptors (Lipinski definition) is 4. The molecule has 3 aromatic rings. The number of aromatic nitrogens is 2. The van der Waals surface area contributed by atoms with Crippen molar-refractivity contribution in [2.45, 2.75) is 5.92 Å². The van der Waals surface area contributed by atoms with E-state index in [2.05, 4.69) is 16.8 Å². The lowest BCUT2D eigenvalue weighted by atomic mass is 9.83. The third kappa shape index (κ3) is 2.95. The predicted octanol–water partition coefficient (Wildman–Crippen LogP) is 3.24. The topological polar surface area (TPSA) is 84.7 Å². The number of nitrogen functional groups attached to an aromatic ring is 1. The molecule has 4 rings (SSSR count). The first-order chi connectivity index (χ1) is 13.1. The molecule has 1 aromatic heterocycles. The molecule has 1 aliphatic carbocycles. The summed E-state index contributed by atoms with van der Waals surface area (Å²) in [5.41, 5.74) is 14.1. The normalized spacial score (nSPS) is 15.0. The van der Waals surface area contributed by atoms with E-state index in [4.69, 9.17) is 11.0 Å². The minimum Gasteiger partial charge on any atom is -0.369 e. The fourth-order valence-corrected chi connectivity index (χ4v) is 3.09. The highest BCUT2D eigenvalue weighted by Gasteiger charge is 2.23. The van der Waals surface area contributed by atoms with Gasteiger partial charge in [0.05, 0.1) is 23.2 Å². The number of anilines is 1. The van der Waals surface area contributed by atoms with Gasteiger partial charge >= 0.3 is 0 Å². The van der Waals surface area contributed by atoms with Gasteiger partial charge in [0.25, 0.3) is 5.56 Å². The number of hydrogen-bond donors (Lipinski definition) is 1. The summed E-state index contributed by atoms with van der Waals surface area (Å²) in [6, 6.07) is 19.2. The van der Waals surface area contributed by atoms with Crippen molar-refractivity contribution in [2.75, 3.05) is 5.73 Å². The van der Waals surface area contributed by atoms with Gasteiger partial charge in [-0.1, -0.05) is 36.4 Å². The van der Waals surface area contributed by atoms with E-state index in [1.54, 1.807) is 13.1 Å². The third-order valence-corrected chi connectivity index (χ3v) is 4.75. The first-order valence-corrected chi connectivity index (χ1v) is 8.48. The van der Waals surface area contributed by atoms with E-state index < -0.39 is 0 Å². The zero-order chi connectivity index (χ0) is 19.0. The largest absolute Gasteiger partial charge is 0.369 e. The highest BCUT2D eigenvalue weighted by atomic mass is 16.1. The monoisotopic (exact) mass is 352 g/mol. The number of allylic oxidation sites excluding steroid dienone is 1. The van der Waals surface area contributed by atoms with Crippen LogP contribution in [0.5, 0.6) is 0 Å². The van der Waals surface area contributed by atoms with Crippen LogP contribution in [-0.2, 0) is 7.05 Å². The van der Waals surface area contributed by atoms with Gasteiger partial charge in [-0.05, 0) is 34.9 Å². The summed E-state index contributed by atoms with van der Waals surface area (Å²) in [5.74, 6) is 0.110. The lowest BCUT2D eigenvalue weighted by Gasteiger charge is -2.21. The van der Waals surface area contributed by atoms with Crippen LogP contribution in [0.3, 0.4) is 0 Å². The Balaban J connectivity index is 1.62. The number of rotatable bonds is 3. The molecule has 0 saturated heterocycles. The second-order valence-electron chi connectivity index (χ2n) is 6.41. The number of benzene rings is 2. The maximum absolute atomic E-state index is 12.0. The average molecular weight is 352 g/mol. The van der Waals surface area contributed by atoms with Crippen molar-refractivity contribution in [3.8, 4) is 17.2 Å². The highest BCUT2D eigenvalue weighted by molar-refractivity contribution is 5.79. The standard InChI is InChI=1S/C22H16N4O/c1-26-21(27)12-20(25-22(26)24)19-10-9-18(19)16-7-5-15(6-8-16)17-4-2-3-14(11-17)13-23/h2-8,10-12,19H,1H3,(H2,24,25)/t19-/m0/s1. The Morgan fingerprint density at radius 2 is 1.85 bits per heavy atom. The number of nitrogens with two attached hydrogens (primary N) is 1. The summed E-state index contributed by atoms with van der Waals surface area (Å²) in [6.45, 7) is 0. The van der Waals surface area contributed by atoms with Crippen LogP contribution >= 0.6 is 0 Å². The molecule has 2 aromatic carbocycles. The molecule has 0 fully saturated rings. The van der Waals surface area contributed by atoms with Crippen LogP contribution < -0.4 is 11.3 Å². The van der Waals surface area contributed by atoms with Crippen LogP contribution in [0.2, 0.25) is 0 Å². The van der Waals surface area contributed by atoms with Gasteiger partial charge in [0.2, 0.25) is 5.95 Å². The van der Waals surface area contributed by atoms with Gasteiger partial charge in [-0.15, -0.1) is 5.73 Å². The van der Waals surface area contributed by atoms with Crippen molar-refractivity contribution in [3.05, 3.63) is 93.6 Å². The maximum atomic E-state index is 12.0. The fraction of sp³-hybridized carbons (Fsp3) is 0.0909. The Morgan fingerprint density at radius 1 is 1.11 bits per heavy atom. The van der Waals surface area contributed by atoms with Crippen molar-refractivity contribution in [3.63, 3.8) is 0 Å². The Hall–Kier alpha value is -3.87. The average Bonchev–Trinajstić information content (AvgIpc) is 2.66. The van der Waals surface area contributed by atoms with Crippen LogP contribution in [0.15, 0.2) is 71.2 Å². The van der Waals surface area contributed by atoms with Crippen LogP contribution in [0.1, 0.15) is 22.7 Å². The third-order valence-electron chi connectivity index (χ3n) is 4.75. The molecule has 0 amide bonds. The van der Waals surface area contributed by atoms with Gasteiger partial charge in [0.15, 0.2) is 0 Å². The predicted molar refractivity (Wildman–Crippen MR) is 105 cm³/mol. The SMILES string of the molecule is Cn1c(N)nc([C@H]2C=C=C2c2ccc(-c3cccc(C#N)c3)cc2)cc1=O. The Bertz CT molecular complexity index is 1210. The molecule has 2 N–H and O–H groups in total. The van der Waals surface area contributed by atoms with Gasteiger partial charge < -0.3 is 5.73 Å². The van der Waals surface area contributed by atoms with Gasteiger partial charge in [-0.2, -0.15) is 5.26 Å². The zero-order valence-corrected chi connectivity index (χ0v) is 14.7. The Labute approximate surface area is 156 Å². The lowest BCUT2D eigenvalue weighted by molar-refractivity contribution is 0.815. The van der Waals surface area contributed by atoms with Gasteiger partial charge in [-0.25, -0.2) is 4.98 Å². The van der Waals surface area contributed by atoms with Gasteiger partial charge in [-0.3, -0.25) is 9.36 Å². The molecule has 5 nitrogen and oxygen atoms in total. The molecule has 1 atom stereocenters. The Morgan fingerprint density at radius 3 is 2.48 bits per heavy atom. The van der Waals surface area contributed by atoms with Crippen molar-refractivity contribution in [1.29, 1.82) is 5.26 Å². The summed E-state index contributed by atoms with van der Waals surface area (Å²) in [5, 5.41) is 9.06. The molecule has 0 bridgehead atoms. The minimum atomic E-state index is -0.176.